The number of amides is 2. The molecule has 0 atom stereocenters. The highest BCUT2D eigenvalue weighted by Gasteiger charge is 2.36. The van der Waals surface area contributed by atoms with Gasteiger partial charge in [-0.15, -0.1) is 0 Å². The molecule has 0 aromatic heterocycles. The zero-order chi connectivity index (χ0) is 17.9. The van der Waals surface area contributed by atoms with E-state index in [4.69, 9.17) is 0 Å². The number of benzene rings is 1. The van der Waals surface area contributed by atoms with Gasteiger partial charge in [-0.25, -0.2) is 12.7 Å². The van der Waals surface area contributed by atoms with E-state index in [0.29, 0.717) is 12.1 Å². The predicted octanol–water partition coefficient (Wildman–Crippen LogP) is 2.37. The topological polar surface area (TPSA) is 83.6 Å². The van der Waals surface area contributed by atoms with Gasteiger partial charge in [0.15, 0.2) is 0 Å². The molecular formula is C18H22N2O4S. The van der Waals surface area contributed by atoms with Gasteiger partial charge >= 0.3 is 0 Å². The molecular weight excluding hydrogens is 340 g/mol. The molecule has 1 N–H and O–H groups in total. The van der Waals surface area contributed by atoms with E-state index >= 15 is 0 Å². The van der Waals surface area contributed by atoms with Gasteiger partial charge in [-0.2, -0.15) is 0 Å². The van der Waals surface area contributed by atoms with Crippen molar-refractivity contribution in [3.05, 3.63) is 41.5 Å². The van der Waals surface area contributed by atoms with E-state index in [1.54, 1.807) is 12.1 Å². The third-order valence-electron chi connectivity index (χ3n) is 4.54. The van der Waals surface area contributed by atoms with Crippen LogP contribution in [0.1, 0.15) is 48.9 Å². The Morgan fingerprint density at radius 1 is 1.20 bits per heavy atom. The van der Waals surface area contributed by atoms with Gasteiger partial charge in [0.05, 0.1) is 11.4 Å². The van der Waals surface area contributed by atoms with Crippen LogP contribution in [0.25, 0.3) is 0 Å². The minimum absolute atomic E-state index is 0.0200. The van der Waals surface area contributed by atoms with Gasteiger partial charge in [0.1, 0.15) is 0 Å². The standard InChI is InChI=1S/C18H22N2O4S/c21-17-10-12-25(23,24)20(17)16-8-4-7-15(13-16)18(22)19-11-9-14-5-2-1-3-6-14/h4-5,7-8,13H,1-3,6,9-12H2,(H,19,22). The zero-order valence-electron chi connectivity index (χ0n) is 14.0. The lowest BCUT2D eigenvalue weighted by atomic mass is 9.97. The number of sulfonamides is 1. The summed E-state index contributed by atoms with van der Waals surface area (Å²) in [7, 11) is -3.62. The van der Waals surface area contributed by atoms with Crippen LogP contribution in [0, 0.1) is 0 Å². The monoisotopic (exact) mass is 362 g/mol. The quantitative estimate of drug-likeness (QED) is 0.815. The van der Waals surface area contributed by atoms with Gasteiger partial charge < -0.3 is 5.32 Å². The number of carbonyl (C=O) groups is 2. The minimum Gasteiger partial charge on any atom is -0.352 e. The fraction of sp³-hybridized carbons (Fsp3) is 0.444. The molecule has 1 aliphatic heterocycles. The Morgan fingerprint density at radius 3 is 2.72 bits per heavy atom. The number of rotatable bonds is 5. The largest absolute Gasteiger partial charge is 0.352 e. The number of anilines is 1. The smallest absolute Gasteiger partial charge is 0.251 e. The molecule has 0 bridgehead atoms. The second-order valence-corrected chi connectivity index (χ2v) is 8.33. The van der Waals surface area contributed by atoms with E-state index in [2.05, 4.69) is 11.4 Å². The van der Waals surface area contributed by atoms with E-state index in [9.17, 15) is 18.0 Å². The molecule has 0 spiro atoms. The van der Waals surface area contributed by atoms with Gasteiger partial charge in [0, 0.05) is 18.5 Å². The number of hydrogen-bond donors (Lipinski definition) is 1. The zero-order valence-corrected chi connectivity index (χ0v) is 14.8. The number of carbonyl (C=O) groups excluding carboxylic acids is 2. The van der Waals surface area contributed by atoms with Crippen LogP contribution in [0.15, 0.2) is 35.9 Å². The van der Waals surface area contributed by atoms with E-state index in [-0.39, 0.29) is 23.8 Å². The average Bonchev–Trinajstić information content (AvgIpc) is 2.88. The Kier molecular flexibility index (Phi) is 5.22. The molecule has 1 aliphatic carbocycles. The summed E-state index contributed by atoms with van der Waals surface area (Å²) in [6, 6.07) is 6.20. The second-order valence-electron chi connectivity index (χ2n) is 6.39. The molecule has 2 aliphatic rings. The minimum atomic E-state index is -3.62. The summed E-state index contributed by atoms with van der Waals surface area (Å²) >= 11 is 0. The molecule has 6 nitrogen and oxygen atoms in total. The lowest BCUT2D eigenvalue weighted by Gasteiger charge is -2.16. The molecule has 2 amide bonds. The molecule has 0 unspecified atom stereocenters. The van der Waals surface area contributed by atoms with Crippen LogP contribution in [0.2, 0.25) is 0 Å². The third kappa shape index (κ3) is 4.10. The van der Waals surface area contributed by atoms with E-state index in [1.807, 2.05) is 0 Å². The third-order valence-corrected chi connectivity index (χ3v) is 6.23. The second kappa shape index (κ2) is 7.39. The van der Waals surface area contributed by atoms with Gasteiger partial charge in [-0.3, -0.25) is 9.59 Å². The van der Waals surface area contributed by atoms with Gasteiger partial charge in [-0.1, -0.05) is 17.7 Å². The van der Waals surface area contributed by atoms with Gasteiger partial charge in [0.25, 0.3) is 5.91 Å². The van der Waals surface area contributed by atoms with Crippen LogP contribution >= 0.6 is 0 Å². The summed E-state index contributed by atoms with van der Waals surface area (Å²) in [5.74, 6) is -0.902. The molecule has 1 aromatic carbocycles. The first-order valence-corrected chi connectivity index (χ1v) is 10.2. The van der Waals surface area contributed by atoms with Crippen molar-refractivity contribution in [1.29, 1.82) is 0 Å². The molecule has 1 heterocycles. The first-order chi connectivity index (χ1) is 12.0. The Morgan fingerprint density at radius 2 is 2.04 bits per heavy atom. The predicted molar refractivity (Wildman–Crippen MR) is 95.8 cm³/mol. The number of allylic oxidation sites excluding steroid dienone is 1. The van der Waals surface area contributed by atoms with Gasteiger partial charge in [-0.05, 0) is 50.3 Å². The van der Waals surface area contributed by atoms with Crippen LogP contribution in [-0.2, 0) is 14.8 Å². The highest BCUT2D eigenvalue weighted by molar-refractivity contribution is 7.94. The maximum atomic E-state index is 12.3. The van der Waals surface area contributed by atoms with Gasteiger partial charge in [0.2, 0.25) is 15.9 Å². The van der Waals surface area contributed by atoms with Crippen molar-refractivity contribution in [2.24, 2.45) is 0 Å². The van der Waals surface area contributed by atoms with E-state index < -0.39 is 15.9 Å². The lowest BCUT2D eigenvalue weighted by Crippen LogP contribution is -2.30. The summed E-state index contributed by atoms with van der Waals surface area (Å²) in [5.41, 5.74) is 1.96. The number of hydrogen-bond acceptors (Lipinski definition) is 4. The first-order valence-electron chi connectivity index (χ1n) is 8.59. The normalized spacial score (nSPS) is 19.6. The molecule has 134 valence electrons. The fourth-order valence-corrected chi connectivity index (χ4v) is 4.66. The number of nitrogens with zero attached hydrogens (tertiary/aromatic N) is 1. The number of nitrogens with one attached hydrogen (secondary N) is 1. The lowest BCUT2D eigenvalue weighted by molar-refractivity contribution is -0.116. The van der Waals surface area contributed by atoms with Crippen molar-refractivity contribution in [2.45, 2.75) is 38.5 Å². The molecule has 7 heteroatoms. The molecule has 0 saturated carbocycles. The summed E-state index contributed by atoms with van der Waals surface area (Å²) in [4.78, 5) is 24.2. The molecule has 1 fully saturated rings. The van der Waals surface area contributed by atoms with Crippen LogP contribution in [0.3, 0.4) is 0 Å². The van der Waals surface area contributed by atoms with Crippen molar-refractivity contribution < 1.29 is 18.0 Å². The molecule has 1 saturated heterocycles. The fourth-order valence-electron chi connectivity index (χ4n) is 3.21. The average molecular weight is 362 g/mol. The first kappa shape index (κ1) is 17.7. The molecule has 0 radical (unpaired) electrons. The SMILES string of the molecule is O=C(NCCC1=CCCCC1)c1cccc(N2C(=O)CCS2(=O)=O)c1. The van der Waals surface area contributed by atoms with Crippen molar-refractivity contribution in [3.8, 4) is 0 Å². The van der Waals surface area contributed by atoms with Crippen LogP contribution in [-0.4, -0.2) is 32.5 Å². The highest BCUT2D eigenvalue weighted by Crippen LogP contribution is 2.26. The summed E-state index contributed by atoms with van der Waals surface area (Å²) in [5, 5.41) is 2.86. The summed E-state index contributed by atoms with van der Waals surface area (Å²) in [6.07, 6.45) is 7.73. The maximum Gasteiger partial charge on any atom is 0.251 e. The van der Waals surface area contributed by atoms with Crippen LogP contribution in [0.5, 0.6) is 0 Å². The maximum absolute atomic E-state index is 12.3. The highest BCUT2D eigenvalue weighted by atomic mass is 32.2. The molecule has 1 aromatic rings. The van der Waals surface area contributed by atoms with Crippen molar-refractivity contribution >= 4 is 27.5 Å². The summed E-state index contributed by atoms with van der Waals surface area (Å²) in [6.45, 7) is 0.551. The Bertz CT molecular complexity index is 814. The molecule has 25 heavy (non-hydrogen) atoms. The van der Waals surface area contributed by atoms with Crippen molar-refractivity contribution in [1.82, 2.24) is 5.32 Å². The summed E-state index contributed by atoms with van der Waals surface area (Å²) < 4.78 is 24.8. The van der Waals surface area contributed by atoms with E-state index in [0.717, 1.165) is 23.6 Å². The van der Waals surface area contributed by atoms with E-state index in [1.165, 1.54) is 30.5 Å². The van der Waals surface area contributed by atoms with Crippen LogP contribution in [0.4, 0.5) is 5.69 Å². The molecule has 3 rings (SSSR count). The Balaban J connectivity index is 1.65. The van der Waals surface area contributed by atoms with Crippen LogP contribution < -0.4 is 9.62 Å². The Hall–Kier alpha value is -2.15. The Labute approximate surface area is 148 Å². The van der Waals surface area contributed by atoms with Crippen molar-refractivity contribution in [3.63, 3.8) is 0 Å². The van der Waals surface area contributed by atoms with Crippen molar-refractivity contribution in [2.75, 3.05) is 16.6 Å².